The Kier molecular flexibility index (Phi) is 3.86. The molecule has 0 fully saturated rings. The molecule has 17 heavy (non-hydrogen) atoms. The van der Waals surface area contributed by atoms with Crippen molar-refractivity contribution in [3.63, 3.8) is 0 Å². The minimum absolute atomic E-state index is 0.502. The summed E-state index contributed by atoms with van der Waals surface area (Å²) in [6.45, 7) is 4.07. The topological polar surface area (TPSA) is 46.0 Å². The third-order valence-corrected chi connectivity index (χ3v) is 3.81. The second-order valence-corrected chi connectivity index (χ2v) is 5.31. The molecule has 0 spiro atoms. The zero-order chi connectivity index (χ0) is 12.3. The van der Waals surface area contributed by atoms with Crippen LogP contribution in [0.1, 0.15) is 34.2 Å². The van der Waals surface area contributed by atoms with Gasteiger partial charge in [-0.2, -0.15) is 0 Å². The van der Waals surface area contributed by atoms with Gasteiger partial charge in [0.2, 0.25) is 0 Å². The molecule has 0 bridgehead atoms. The summed E-state index contributed by atoms with van der Waals surface area (Å²) in [7, 11) is 0. The molecule has 0 saturated carbocycles. The van der Waals surface area contributed by atoms with E-state index in [-0.39, 0.29) is 0 Å². The number of aromatic nitrogens is 2. The fourth-order valence-corrected chi connectivity index (χ4v) is 2.57. The summed E-state index contributed by atoms with van der Waals surface area (Å²) in [6, 6.07) is 4.18. The van der Waals surface area contributed by atoms with Crippen molar-refractivity contribution >= 4 is 11.3 Å². The highest BCUT2D eigenvalue weighted by Crippen LogP contribution is 2.22. The molecule has 1 unspecified atom stereocenters. The van der Waals surface area contributed by atoms with E-state index in [2.05, 4.69) is 29.0 Å². The first kappa shape index (κ1) is 12.2. The maximum atomic E-state index is 10.0. The van der Waals surface area contributed by atoms with Crippen molar-refractivity contribution in [3.05, 3.63) is 45.7 Å². The first-order valence-corrected chi connectivity index (χ1v) is 6.55. The van der Waals surface area contributed by atoms with Crippen LogP contribution in [-0.4, -0.2) is 15.1 Å². The van der Waals surface area contributed by atoms with Gasteiger partial charge in [-0.15, -0.1) is 11.3 Å². The first-order valence-electron chi connectivity index (χ1n) is 5.73. The van der Waals surface area contributed by atoms with Gasteiger partial charge >= 0.3 is 0 Å². The summed E-state index contributed by atoms with van der Waals surface area (Å²) in [5.74, 6) is 0.502. The van der Waals surface area contributed by atoms with Crippen molar-refractivity contribution in [2.75, 3.05) is 0 Å². The molecule has 1 atom stereocenters. The molecule has 0 amide bonds. The lowest BCUT2D eigenvalue weighted by Gasteiger charge is -2.07. The molecule has 0 aliphatic rings. The normalized spacial score (nSPS) is 12.6. The zero-order valence-electron chi connectivity index (χ0n) is 10.1. The van der Waals surface area contributed by atoms with E-state index < -0.39 is 6.10 Å². The van der Waals surface area contributed by atoms with Crippen molar-refractivity contribution in [1.82, 2.24) is 9.97 Å². The molecule has 90 valence electrons. The predicted octanol–water partition coefficient (Wildman–Crippen LogP) is 2.69. The number of aryl methyl sites for hydroxylation is 2. The zero-order valence-corrected chi connectivity index (χ0v) is 10.9. The van der Waals surface area contributed by atoms with Gasteiger partial charge in [0, 0.05) is 28.6 Å². The molecule has 2 heterocycles. The Balaban J connectivity index is 2.05. The van der Waals surface area contributed by atoms with Gasteiger partial charge in [-0.3, -0.25) is 0 Å². The second-order valence-electron chi connectivity index (χ2n) is 4.06. The van der Waals surface area contributed by atoms with Gasteiger partial charge in [0.25, 0.3) is 0 Å². The van der Waals surface area contributed by atoms with E-state index in [1.807, 2.05) is 6.92 Å². The average Bonchev–Trinajstić information content (AvgIpc) is 2.77. The minimum Gasteiger partial charge on any atom is -0.385 e. The van der Waals surface area contributed by atoms with Crippen molar-refractivity contribution in [2.24, 2.45) is 0 Å². The molecule has 2 rings (SSSR count). The van der Waals surface area contributed by atoms with Crippen LogP contribution in [0.25, 0.3) is 0 Å². The standard InChI is InChI=1S/C13H16N2OS/c1-3-10-4-5-11(17-10)6-12(16)13-14-7-9(2)8-15-13/h4-5,7-8,12,16H,3,6H2,1-2H3. The molecule has 1 N–H and O–H groups in total. The summed E-state index contributed by atoms with van der Waals surface area (Å²) < 4.78 is 0. The lowest BCUT2D eigenvalue weighted by Crippen LogP contribution is -2.05. The third-order valence-electron chi connectivity index (χ3n) is 2.56. The predicted molar refractivity (Wildman–Crippen MR) is 69.1 cm³/mol. The molecule has 4 heteroatoms. The van der Waals surface area contributed by atoms with Gasteiger partial charge in [-0.25, -0.2) is 9.97 Å². The van der Waals surface area contributed by atoms with Crippen LogP contribution >= 0.6 is 11.3 Å². The molecule has 3 nitrogen and oxygen atoms in total. The molecular weight excluding hydrogens is 232 g/mol. The fraction of sp³-hybridized carbons (Fsp3) is 0.385. The molecular formula is C13H16N2OS. The van der Waals surface area contributed by atoms with E-state index in [1.54, 1.807) is 23.7 Å². The van der Waals surface area contributed by atoms with E-state index >= 15 is 0 Å². The highest BCUT2D eigenvalue weighted by molar-refractivity contribution is 7.11. The summed E-state index contributed by atoms with van der Waals surface area (Å²) in [4.78, 5) is 10.8. The van der Waals surface area contributed by atoms with E-state index in [9.17, 15) is 5.11 Å². The Labute approximate surface area is 105 Å². The Morgan fingerprint density at radius 1 is 1.24 bits per heavy atom. The molecule has 2 aromatic rings. The average molecular weight is 248 g/mol. The van der Waals surface area contributed by atoms with Gasteiger partial charge in [0.05, 0.1) is 0 Å². The first-order chi connectivity index (χ1) is 8.19. The summed E-state index contributed by atoms with van der Waals surface area (Å²) in [5.41, 5.74) is 1.00. The maximum Gasteiger partial charge on any atom is 0.157 e. The fourth-order valence-electron chi connectivity index (χ4n) is 1.58. The van der Waals surface area contributed by atoms with Crippen molar-refractivity contribution in [1.29, 1.82) is 0 Å². The Morgan fingerprint density at radius 2 is 1.88 bits per heavy atom. The quantitative estimate of drug-likeness (QED) is 0.905. The highest BCUT2D eigenvalue weighted by atomic mass is 32.1. The Morgan fingerprint density at radius 3 is 2.47 bits per heavy atom. The lowest BCUT2D eigenvalue weighted by atomic mass is 10.2. The summed E-state index contributed by atoms with van der Waals surface area (Å²) >= 11 is 1.74. The third kappa shape index (κ3) is 3.11. The maximum absolute atomic E-state index is 10.0. The Bertz CT molecular complexity index is 478. The molecule has 0 aromatic carbocycles. The van der Waals surface area contributed by atoms with Gasteiger partial charge in [0.15, 0.2) is 5.82 Å². The molecule has 0 aliphatic heterocycles. The van der Waals surface area contributed by atoms with Gasteiger partial charge in [0.1, 0.15) is 6.10 Å². The van der Waals surface area contributed by atoms with Crippen LogP contribution in [0.5, 0.6) is 0 Å². The van der Waals surface area contributed by atoms with Crippen LogP contribution in [-0.2, 0) is 12.8 Å². The number of nitrogens with zero attached hydrogens (tertiary/aromatic N) is 2. The minimum atomic E-state index is -0.612. The van der Waals surface area contributed by atoms with Crippen molar-refractivity contribution in [2.45, 2.75) is 32.8 Å². The van der Waals surface area contributed by atoms with Crippen LogP contribution < -0.4 is 0 Å². The number of thiophene rings is 1. The van der Waals surface area contributed by atoms with Crippen molar-refractivity contribution < 1.29 is 5.11 Å². The van der Waals surface area contributed by atoms with Crippen LogP contribution in [0.4, 0.5) is 0 Å². The van der Waals surface area contributed by atoms with E-state index in [1.165, 1.54) is 9.75 Å². The second kappa shape index (κ2) is 5.38. The number of aliphatic hydroxyl groups excluding tert-OH is 1. The number of hydrogen-bond donors (Lipinski definition) is 1. The van der Waals surface area contributed by atoms with E-state index in [4.69, 9.17) is 0 Å². The van der Waals surface area contributed by atoms with E-state index in [0.29, 0.717) is 12.2 Å². The molecule has 0 radical (unpaired) electrons. The summed E-state index contributed by atoms with van der Waals surface area (Å²) in [6.07, 6.45) is 4.49. The number of aliphatic hydroxyl groups is 1. The van der Waals surface area contributed by atoms with Gasteiger partial charge < -0.3 is 5.11 Å². The van der Waals surface area contributed by atoms with Gasteiger partial charge in [-0.05, 0) is 31.0 Å². The smallest absolute Gasteiger partial charge is 0.157 e. The van der Waals surface area contributed by atoms with Crippen molar-refractivity contribution in [3.8, 4) is 0 Å². The lowest BCUT2D eigenvalue weighted by molar-refractivity contribution is 0.169. The van der Waals surface area contributed by atoms with Crippen LogP contribution in [0.3, 0.4) is 0 Å². The molecule has 0 aliphatic carbocycles. The Hall–Kier alpha value is -1.26. The summed E-state index contributed by atoms with van der Waals surface area (Å²) in [5, 5.41) is 10.0. The van der Waals surface area contributed by atoms with Crippen LogP contribution in [0, 0.1) is 6.92 Å². The number of hydrogen-bond acceptors (Lipinski definition) is 4. The molecule has 2 aromatic heterocycles. The molecule has 0 saturated heterocycles. The monoisotopic (exact) mass is 248 g/mol. The van der Waals surface area contributed by atoms with Crippen LogP contribution in [0.2, 0.25) is 0 Å². The SMILES string of the molecule is CCc1ccc(CC(O)c2ncc(C)cn2)s1. The van der Waals surface area contributed by atoms with Gasteiger partial charge in [-0.1, -0.05) is 6.92 Å². The highest BCUT2D eigenvalue weighted by Gasteiger charge is 2.12. The largest absolute Gasteiger partial charge is 0.385 e. The van der Waals surface area contributed by atoms with E-state index in [0.717, 1.165) is 12.0 Å². The van der Waals surface area contributed by atoms with Crippen LogP contribution in [0.15, 0.2) is 24.5 Å². The number of rotatable bonds is 4.